The van der Waals surface area contributed by atoms with E-state index in [1.165, 1.54) is 0 Å². The number of hydrogen-bond acceptors (Lipinski definition) is 3. The fourth-order valence-electron chi connectivity index (χ4n) is 4.03. The molecule has 2 aromatic rings. The fraction of sp³-hybridized carbons (Fsp3) is 0.333. The molecule has 134 valence electrons. The van der Waals surface area contributed by atoms with Gasteiger partial charge in [0.15, 0.2) is 0 Å². The number of carboxylic acids is 1. The van der Waals surface area contributed by atoms with E-state index in [-0.39, 0.29) is 23.7 Å². The van der Waals surface area contributed by atoms with Crippen LogP contribution in [0.4, 0.5) is 0 Å². The molecule has 1 fully saturated rings. The van der Waals surface area contributed by atoms with Crippen molar-refractivity contribution in [2.45, 2.75) is 30.7 Å². The SMILES string of the molecule is O=C(O)[C@@H](Cc1ccccc1)NC(=O)[C@@H]1C[C@]12CCOc1ccccc12. The molecule has 1 aliphatic carbocycles. The van der Waals surface area contributed by atoms with E-state index in [2.05, 4.69) is 5.32 Å². The molecule has 2 aromatic carbocycles. The van der Waals surface area contributed by atoms with Gasteiger partial charge in [0.1, 0.15) is 11.8 Å². The molecule has 1 spiro atoms. The molecule has 1 aliphatic heterocycles. The monoisotopic (exact) mass is 351 g/mol. The number of rotatable bonds is 5. The van der Waals surface area contributed by atoms with Gasteiger partial charge in [-0.3, -0.25) is 4.79 Å². The summed E-state index contributed by atoms with van der Waals surface area (Å²) in [4.78, 5) is 24.4. The molecule has 0 aromatic heterocycles. The molecule has 0 saturated heterocycles. The van der Waals surface area contributed by atoms with Gasteiger partial charge in [0.2, 0.25) is 5.91 Å². The van der Waals surface area contributed by atoms with Gasteiger partial charge in [0.25, 0.3) is 0 Å². The predicted octanol–water partition coefficient (Wildman–Crippen LogP) is 2.54. The summed E-state index contributed by atoms with van der Waals surface area (Å²) in [6, 6.07) is 16.3. The van der Waals surface area contributed by atoms with E-state index < -0.39 is 12.0 Å². The summed E-state index contributed by atoms with van der Waals surface area (Å²) >= 11 is 0. The Balaban J connectivity index is 1.48. The lowest BCUT2D eigenvalue weighted by molar-refractivity contribution is -0.142. The molecule has 0 unspecified atom stereocenters. The number of nitrogens with one attached hydrogen (secondary N) is 1. The first-order valence-electron chi connectivity index (χ1n) is 8.89. The van der Waals surface area contributed by atoms with Crippen molar-refractivity contribution in [2.24, 2.45) is 5.92 Å². The number of carbonyl (C=O) groups excluding carboxylic acids is 1. The Morgan fingerprint density at radius 2 is 1.88 bits per heavy atom. The van der Waals surface area contributed by atoms with Crippen molar-refractivity contribution in [1.29, 1.82) is 0 Å². The highest BCUT2D eigenvalue weighted by Crippen LogP contribution is 2.60. The summed E-state index contributed by atoms with van der Waals surface area (Å²) in [5.74, 6) is -0.535. The summed E-state index contributed by atoms with van der Waals surface area (Å²) < 4.78 is 5.70. The zero-order valence-corrected chi connectivity index (χ0v) is 14.4. The first-order valence-corrected chi connectivity index (χ1v) is 8.89. The van der Waals surface area contributed by atoms with Crippen LogP contribution in [-0.2, 0) is 21.4 Å². The van der Waals surface area contributed by atoms with Crippen molar-refractivity contribution >= 4 is 11.9 Å². The molecule has 0 radical (unpaired) electrons. The molecule has 1 heterocycles. The van der Waals surface area contributed by atoms with Crippen LogP contribution < -0.4 is 10.1 Å². The van der Waals surface area contributed by atoms with E-state index in [9.17, 15) is 14.7 Å². The number of benzene rings is 2. The third-order valence-electron chi connectivity index (χ3n) is 5.52. The van der Waals surface area contributed by atoms with Crippen LogP contribution in [0, 0.1) is 5.92 Å². The molecule has 5 nitrogen and oxygen atoms in total. The number of hydrogen-bond donors (Lipinski definition) is 2. The molecule has 2 N–H and O–H groups in total. The van der Waals surface area contributed by atoms with Crippen LogP contribution in [0.5, 0.6) is 5.75 Å². The van der Waals surface area contributed by atoms with Crippen LogP contribution in [0.25, 0.3) is 0 Å². The smallest absolute Gasteiger partial charge is 0.326 e. The van der Waals surface area contributed by atoms with Gasteiger partial charge in [0, 0.05) is 23.3 Å². The van der Waals surface area contributed by atoms with E-state index in [1.807, 2.05) is 54.6 Å². The lowest BCUT2D eigenvalue weighted by atomic mass is 9.87. The third kappa shape index (κ3) is 2.94. The van der Waals surface area contributed by atoms with Crippen LogP contribution in [0.15, 0.2) is 54.6 Å². The van der Waals surface area contributed by atoms with E-state index in [0.29, 0.717) is 6.61 Å². The summed E-state index contributed by atoms with van der Waals surface area (Å²) in [7, 11) is 0. The molecule has 0 bridgehead atoms. The Labute approximate surface area is 152 Å². The minimum atomic E-state index is -1.01. The number of aliphatic carboxylic acids is 1. The fourth-order valence-corrected chi connectivity index (χ4v) is 4.03. The van der Waals surface area contributed by atoms with Crippen molar-refractivity contribution in [1.82, 2.24) is 5.32 Å². The van der Waals surface area contributed by atoms with Crippen LogP contribution in [0.1, 0.15) is 24.0 Å². The zero-order valence-electron chi connectivity index (χ0n) is 14.4. The van der Waals surface area contributed by atoms with Crippen LogP contribution in [0.2, 0.25) is 0 Å². The van der Waals surface area contributed by atoms with E-state index >= 15 is 0 Å². The number of amides is 1. The largest absolute Gasteiger partial charge is 0.493 e. The first-order chi connectivity index (χ1) is 12.6. The lowest BCUT2D eigenvalue weighted by Gasteiger charge is -2.27. The highest BCUT2D eigenvalue weighted by Gasteiger charge is 2.61. The number of ether oxygens (including phenoxy) is 1. The second-order valence-electron chi connectivity index (χ2n) is 7.10. The maximum Gasteiger partial charge on any atom is 0.326 e. The molecular formula is C21H21NO4. The average molecular weight is 351 g/mol. The van der Waals surface area contributed by atoms with Gasteiger partial charge >= 0.3 is 5.97 Å². The molecule has 1 saturated carbocycles. The summed E-state index contributed by atoms with van der Waals surface area (Å²) in [6.07, 6.45) is 1.82. The van der Waals surface area contributed by atoms with Gasteiger partial charge in [0.05, 0.1) is 6.61 Å². The minimum Gasteiger partial charge on any atom is -0.493 e. The topological polar surface area (TPSA) is 75.6 Å². The summed E-state index contributed by atoms with van der Waals surface area (Å²) in [5, 5.41) is 12.3. The molecular weight excluding hydrogens is 330 g/mol. The van der Waals surface area contributed by atoms with Crippen LogP contribution >= 0.6 is 0 Å². The van der Waals surface area contributed by atoms with E-state index in [0.717, 1.165) is 29.7 Å². The molecule has 2 aliphatic rings. The number of para-hydroxylation sites is 1. The van der Waals surface area contributed by atoms with E-state index in [4.69, 9.17) is 4.74 Å². The van der Waals surface area contributed by atoms with Gasteiger partial charge in [-0.25, -0.2) is 4.79 Å². The summed E-state index contributed by atoms with van der Waals surface area (Å²) in [5.41, 5.74) is 1.76. The van der Waals surface area contributed by atoms with Gasteiger partial charge in [-0.15, -0.1) is 0 Å². The molecule has 26 heavy (non-hydrogen) atoms. The van der Waals surface area contributed by atoms with Crippen molar-refractivity contribution in [3.8, 4) is 5.75 Å². The Morgan fingerprint density at radius 1 is 1.15 bits per heavy atom. The normalized spacial score (nSPS) is 24.2. The van der Waals surface area contributed by atoms with Gasteiger partial charge in [-0.2, -0.15) is 0 Å². The van der Waals surface area contributed by atoms with Gasteiger partial charge in [-0.05, 0) is 24.5 Å². The Morgan fingerprint density at radius 3 is 2.65 bits per heavy atom. The Kier molecular flexibility index (Phi) is 4.15. The van der Waals surface area contributed by atoms with Gasteiger partial charge in [-0.1, -0.05) is 48.5 Å². The average Bonchev–Trinajstić information content (AvgIpc) is 3.37. The summed E-state index contributed by atoms with van der Waals surface area (Å²) in [6.45, 7) is 0.590. The molecule has 4 rings (SSSR count). The number of fused-ring (bicyclic) bond motifs is 2. The standard InChI is InChI=1S/C21H21NO4/c23-19(22-17(20(24)25)12-14-6-2-1-3-7-14)16-13-21(16)10-11-26-18-9-5-4-8-15(18)21/h1-9,16-17H,10-13H2,(H,22,23)(H,24,25)/t16-,17+,21-/m0/s1. The Bertz CT molecular complexity index is 835. The quantitative estimate of drug-likeness (QED) is 0.868. The van der Waals surface area contributed by atoms with Gasteiger partial charge < -0.3 is 15.2 Å². The third-order valence-corrected chi connectivity index (χ3v) is 5.52. The lowest BCUT2D eigenvalue weighted by Crippen LogP contribution is -2.44. The van der Waals surface area contributed by atoms with Crippen molar-refractivity contribution in [3.63, 3.8) is 0 Å². The maximum atomic E-state index is 12.8. The Hall–Kier alpha value is -2.82. The van der Waals surface area contributed by atoms with Crippen molar-refractivity contribution in [2.75, 3.05) is 6.61 Å². The molecule has 1 amide bonds. The van der Waals surface area contributed by atoms with Crippen LogP contribution in [-0.4, -0.2) is 29.6 Å². The minimum absolute atomic E-state index is 0.176. The van der Waals surface area contributed by atoms with E-state index in [1.54, 1.807) is 0 Å². The van der Waals surface area contributed by atoms with Crippen molar-refractivity contribution < 1.29 is 19.4 Å². The first kappa shape index (κ1) is 16.6. The maximum absolute atomic E-state index is 12.8. The second kappa shape index (κ2) is 6.48. The number of carbonyl (C=O) groups is 2. The second-order valence-corrected chi connectivity index (χ2v) is 7.10. The highest BCUT2D eigenvalue weighted by molar-refractivity contribution is 5.89. The molecule has 3 atom stereocenters. The zero-order chi connectivity index (χ0) is 18.1. The predicted molar refractivity (Wildman–Crippen MR) is 96.1 cm³/mol. The number of carboxylic acid groups (broad SMARTS) is 1. The highest BCUT2D eigenvalue weighted by atomic mass is 16.5. The molecule has 5 heteroatoms. The van der Waals surface area contributed by atoms with Crippen LogP contribution in [0.3, 0.4) is 0 Å². The van der Waals surface area contributed by atoms with Crippen molar-refractivity contribution in [3.05, 3.63) is 65.7 Å².